The van der Waals surface area contributed by atoms with E-state index in [1.54, 1.807) is 4.90 Å². The zero-order valence-corrected chi connectivity index (χ0v) is 18.9. The summed E-state index contributed by atoms with van der Waals surface area (Å²) in [5.74, 6) is -0.0184. The maximum Gasteiger partial charge on any atom is 0.250 e. The van der Waals surface area contributed by atoms with Crippen LogP contribution < -0.4 is 10.2 Å². The van der Waals surface area contributed by atoms with E-state index in [2.05, 4.69) is 10.2 Å². The minimum absolute atomic E-state index is 0.0174. The van der Waals surface area contributed by atoms with Crippen LogP contribution in [-0.4, -0.2) is 78.6 Å². The molecule has 0 bridgehead atoms. The molecule has 0 saturated carbocycles. The first kappa shape index (κ1) is 22.6. The van der Waals surface area contributed by atoms with Crippen molar-refractivity contribution in [1.29, 1.82) is 0 Å². The van der Waals surface area contributed by atoms with E-state index >= 15 is 0 Å². The summed E-state index contributed by atoms with van der Waals surface area (Å²) < 4.78 is 5.57. The first-order valence-electron chi connectivity index (χ1n) is 11.8. The molecule has 1 aromatic carbocycles. The third-order valence-electron chi connectivity index (χ3n) is 6.87. The van der Waals surface area contributed by atoms with E-state index < -0.39 is 5.54 Å². The van der Waals surface area contributed by atoms with Crippen molar-refractivity contribution in [2.75, 3.05) is 44.4 Å². The van der Waals surface area contributed by atoms with Crippen molar-refractivity contribution in [2.24, 2.45) is 0 Å². The molecule has 3 amide bonds. The van der Waals surface area contributed by atoms with Crippen LogP contribution in [0.2, 0.25) is 0 Å². The number of piperidine rings is 1. The Kier molecular flexibility index (Phi) is 6.98. The van der Waals surface area contributed by atoms with Gasteiger partial charge in [-0.15, -0.1) is 0 Å². The Morgan fingerprint density at radius 2 is 1.94 bits per heavy atom. The molecule has 3 aliphatic heterocycles. The number of ether oxygens (including phenoxy) is 1. The highest BCUT2D eigenvalue weighted by Gasteiger charge is 2.54. The number of hydrogen-bond donors (Lipinski definition) is 1. The smallest absolute Gasteiger partial charge is 0.250 e. The van der Waals surface area contributed by atoms with Crippen molar-refractivity contribution in [2.45, 2.75) is 57.1 Å². The fourth-order valence-corrected chi connectivity index (χ4v) is 5.08. The third kappa shape index (κ3) is 4.60. The minimum Gasteiger partial charge on any atom is -0.376 e. The van der Waals surface area contributed by atoms with Gasteiger partial charge in [-0.3, -0.25) is 14.4 Å². The molecule has 4 rings (SSSR count). The molecular weight excluding hydrogens is 408 g/mol. The summed E-state index contributed by atoms with van der Waals surface area (Å²) in [5, 5.41) is 2.92. The largest absolute Gasteiger partial charge is 0.376 e. The molecular formula is C24H34N4O4. The van der Waals surface area contributed by atoms with Gasteiger partial charge < -0.3 is 24.8 Å². The van der Waals surface area contributed by atoms with Crippen molar-refractivity contribution in [1.82, 2.24) is 15.1 Å². The summed E-state index contributed by atoms with van der Waals surface area (Å²) in [5.41, 5.74) is 0.260. The van der Waals surface area contributed by atoms with Crippen LogP contribution in [0.4, 0.5) is 5.69 Å². The van der Waals surface area contributed by atoms with Gasteiger partial charge in [-0.05, 0) is 44.2 Å². The number of para-hydroxylation sites is 1. The van der Waals surface area contributed by atoms with Gasteiger partial charge in [0.1, 0.15) is 12.1 Å². The lowest BCUT2D eigenvalue weighted by molar-refractivity contribution is -0.140. The fraction of sp³-hybridized carbons (Fsp3) is 0.625. The highest BCUT2D eigenvalue weighted by molar-refractivity contribution is 5.96. The average molecular weight is 443 g/mol. The molecule has 3 fully saturated rings. The van der Waals surface area contributed by atoms with Gasteiger partial charge in [0.15, 0.2) is 0 Å². The van der Waals surface area contributed by atoms with E-state index in [9.17, 15) is 14.4 Å². The Morgan fingerprint density at radius 3 is 2.59 bits per heavy atom. The molecule has 32 heavy (non-hydrogen) atoms. The lowest BCUT2D eigenvalue weighted by Gasteiger charge is -2.43. The van der Waals surface area contributed by atoms with E-state index in [0.717, 1.165) is 31.6 Å². The Labute approximate surface area is 189 Å². The molecule has 1 aromatic rings. The molecule has 0 radical (unpaired) electrons. The lowest BCUT2D eigenvalue weighted by atomic mass is 9.85. The predicted octanol–water partition coefficient (Wildman–Crippen LogP) is 1.75. The van der Waals surface area contributed by atoms with Crippen LogP contribution in [0.25, 0.3) is 0 Å². The van der Waals surface area contributed by atoms with E-state index in [4.69, 9.17) is 4.74 Å². The molecule has 3 aliphatic rings. The van der Waals surface area contributed by atoms with Gasteiger partial charge in [-0.2, -0.15) is 0 Å². The molecule has 3 heterocycles. The number of nitrogens with zero attached hydrogens (tertiary/aromatic N) is 3. The number of hydrogen-bond acceptors (Lipinski definition) is 5. The number of carbonyl (C=O) groups is 3. The standard InChI is InChI=1S/C24H34N4O4/c1-2-7-22(30)26-13-11-24(12-14-26)23(31)27(18-28(24)19-8-4-3-5-9-19)17-21(29)25-16-20-10-6-15-32-20/h3-5,8-9,20H,2,6-7,10-18H2,1H3,(H,25,29). The van der Waals surface area contributed by atoms with Crippen molar-refractivity contribution in [3.8, 4) is 0 Å². The van der Waals surface area contributed by atoms with Crippen LogP contribution >= 0.6 is 0 Å². The summed E-state index contributed by atoms with van der Waals surface area (Å²) >= 11 is 0. The van der Waals surface area contributed by atoms with Crippen molar-refractivity contribution >= 4 is 23.4 Å². The highest BCUT2D eigenvalue weighted by atomic mass is 16.5. The predicted molar refractivity (Wildman–Crippen MR) is 121 cm³/mol. The molecule has 174 valence electrons. The lowest BCUT2D eigenvalue weighted by Crippen LogP contribution is -2.57. The zero-order valence-electron chi connectivity index (χ0n) is 18.9. The summed E-state index contributed by atoms with van der Waals surface area (Å²) in [4.78, 5) is 44.3. The second-order valence-corrected chi connectivity index (χ2v) is 9.01. The Balaban J connectivity index is 1.46. The van der Waals surface area contributed by atoms with Gasteiger partial charge in [0.2, 0.25) is 11.8 Å². The SMILES string of the molecule is CCCC(=O)N1CCC2(CC1)C(=O)N(CC(=O)NCC1CCCO1)CN2c1ccccc1. The molecule has 8 heteroatoms. The zero-order chi connectivity index (χ0) is 22.6. The molecule has 0 aromatic heterocycles. The highest BCUT2D eigenvalue weighted by Crippen LogP contribution is 2.39. The maximum absolute atomic E-state index is 13.6. The number of carbonyl (C=O) groups excluding carboxylic acids is 3. The van der Waals surface area contributed by atoms with E-state index in [-0.39, 0.29) is 30.4 Å². The molecule has 1 atom stereocenters. The number of nitrogens with one attached hydrogen (secondary N) is 1. The van der Waals surface area contributed by atoms with Crippen LogP contribution in [0.15, 0.2) is 30.3 Å². The number of benzene rings is 1. The average Bonchev–Trinajstić information content (AvgIpc) is 3.42. The van der Waals surface area contributed by atoms with Gasteiger partial charge in [0.05, 0.1) is 12.8 Å². The summed E-state index contributed by atoms with van der Waals surface area (Å²) in [7, 11) is 0. The first-order valence-corrected chi connectivity index (χ1v) is 11.8. The van der Waals surface area contributed by atoms with Gasteiger partial charge in [-0.25, -0.2) is 0 Å². The third-order valence-corrected chi connectivity index (χ3v) is 6.87. The minimum atomic E-state index is -0.709. The molecule has 1 unspecified atom stereocenters. The molecule has 1 N–H and O–H groups in total. The molecule has 1 spiro atoms. The van der Waals surface area contributed by atoms with Gasteiger partial charge in [0.25, 0.3) is 5.91 Å². The Hall–Kier alpha value is -2.61. The van der Waals surface area contributed by atoms with E-state index in [0.29, 0.717) is 45.6 Å². The fourth-order valence-electron chi connectivity index (χ4n) is 5.08. The monoisotopic (exact) mass is 442 g/mol. The van der Waals surface area contributed by atoms with Crippen molar-refractivity contribution < 1.29 is 19.1 Å². The van der Waals surface area contributed by atoms with E-state index in [1.165, 1.54) is 0 Å². The topological polar surface area (TPSA) is 82.2 Å². The normalized spacial score (nSPS) is 22.6. The van der Waals surface area contributed by atoms with Gasteiger partial charge in [-0.1, -0.05) is 25.1 Å². The number of rotatable bonds is 7. The second kappa shape index (κ2) is 9.90. The molecule has 3 saturated heterocycles. The summed E-state index contributed by atoms with van der Waals surface area (Å²) in [6, 6.07) is 9.89. The van der Waals surface area contributed by atoms with Crippen LogP contribution in [0.1, 0.15) is 45.4 Å². The summed E-state index contributed by atoms with van der Waals surface area (Å²) in [6.07, 6.45) is 4.57. The quantitative estimate of drug-likeness (QED) is 0.696. The maximum atomic E-state index is 13.6. The van der Waals surface area contributed by atoms with E-state index in [1.807, 2.05) is 42.2 Å². The second-order valence-electron chi connectivity index (χ2n) is 9.01. The van der Waals surface area contributed by atoms with Crippen molar-refractivity contribution in [3.05, 3.63) is 30.3 Å². The molecule has 0 aliphatic carbocycles. The summed E-state index contributed by atoms with van der Waals surface area (Å²) in [6.45, 7) is 4.78. The number of anilines is 1. The van der Waals surface area contributed by atoms with Crippen LogP contribution in [-0.2, 0) is 19.1 Å². The van der Waals surface area contributed by atoms with Gasteiger partial charge in [0, 0.05) is 38.3 Å². The van der Waals surface area contributed by atoms with Crippen molar-refractivity contribution in [3.63, 3.8) is 0 Å². The number of amides is 3. The van der Waals surface area contributed by atoms with Crippen LogP contribution in [0.5, 0.6) is 0 Å². The first-order chi connectivity index (χ1) is 15.5. The Morgan fingerprint density at radius 1 is 1.19 bits per heavy atom. The van der Waals surface area contributed by atoms with Crippen LogP contribution in [0.3, 0.4) is 0 Å². The molecule has 8 nitrogen and oxygen atoms in total. The van der Waals surface area contributed by atoms with Crippen LogP contribution in [0, 0.1) is 0 Å². The number of likely N-dealkylation sites (tertiary alicyclic amines) is 1. The van der Waals surface area contributed by atoms with Gasteiger partial charge >= 0.3 is 0 Å². The Bertz CT molecular complexity index is 817.